The third-order valence-corrected chi connectivity index (χ3v) is 4.86. The zero-order chi connectivity index (χ0) is 13.4. The Morgan fingerprint density at radius 2 is 1.74 bits per heavy atom. The van der Waals surface area contributed by atoms with E-state index >= 15 is 0 Å². The maximum absolute atomic E-state index is 12.5. The minimum atomic E-state index is 0.0311. The largest absolute Gasteiger partial charge is 0.288 e. The zero-order valence-corrected chi connectivity index (χ0v) is 12.8. The van der Waals surface area contributed by atoms with Crippen molar-refractivity contribution in [3.63, 3.8) is 0 Å². The molecule has 3 rings (SSSR count). The lowest BCUT2D eigenvalue weighted by atomic mass is 10.0. The molecule has 0 radical (unpaired) electrons. The van der Waals surface area contributed by atoms with Gasteiger partial charge in [-0.3, -0.25) is 4.79 Å². The molecule has 0 bridgehead atoms. The monoisotopic (exact) mass is 350 g/mol. The first kappa shape index (κ1) is 12.9. The Labute approximate surface area is 128 Å². The van der Waals surface area contributed by atoms with Crippen LogP contribution in [0.3, 0.4) is 0 Å². The Morgan fingerprint density at radius 3 is 2.42 bits per heavy atom. The number of thiophene rings is 1. The van der Waals surface area contributed by atoms with Crippen LogP contribution in [0.5, 0.6) is 0 Å². The minimum Gasteiger partial charge on any atom is -0.288 e. The number of ketones is 1. The van der Waals surface area contributed by atoms with E-state index in [-0.39, 0.29) is 5.78 Å². The van der Waals surface area contributed by atoms with E-state index in [1.54, 1.807) is 12.1 Å². The molecule has 0 aliphatic carbocycles. The Kier molecular flexibility index (Phi) is 3.44. The van der Waals surface area contributed by atoms with Gasteiger partial charge in [0.25, 0.3) is 0 Å². The highest BCUT2D eigenvalue weighted by molar-refractivity contribution is 9.11. The first-order chi connectivity index (χ1) is 9.16. The van der Waals surface area contributed by atoms with Gasteiger partial charge in [-0.1, -0.05) is 35.9 Å². The van der Waals surface area contributed by atoms with Crippen LogP contribution in [0.25, 0.3) is 10.8 Å². The molecule has 0 amide bonds. The van der Waals surface area contributed by atoms with Crippen LogP contribution < -0.4 is 0 Å². The lowest BCUT2D eigenvalue weighted by Crippen LogP contribution is -1.99. The van der Waals surface area contributed by atoms with Gasteiger partial charge in [0.05, 0.1) is 8.66 Å². The summed E-state index contributed by atoms with van der Waals surface area (Å²) < 4.78 is 0.953. The zero-order valence-electron chi connectivity index (χ0n) is 9.69. The van der Waals surface area contributed by atoms with Crippen LogP contribution in [0.2, 0.25) is 5.02 Å². The highest BCUT2D eigenvalue weighted by Gasteiger charge is 2.15. The average Bonchev–Trinajstić information content (AvgIpc) is 2.86. The summed E-state index contributed by atoms with van der Waals surface area (Å²) in [5.41, 5.74) is 0.689. The molecule has 3 aromatic rings. The number of rotatable bonds is 2. The van der Waals surface area contributed by atoms with Crippen molar-refractivity contribution in [1.82, 2.24) is 0 Å². The first-order valence-electron chi connectivity index (χ1n) is 5.64. The fraction of sp³-hybridized carbons (Fsp3) is 0. The van der Waals surface area contributed by atoms with Crippen LogP contribution in [0.1, 0.15) is 15.2 Å². The van der Waals surface area contributed by atoms with Gasteiger partial charge in [-0.25, -0.2) is 0 Å². The lowest BCUT2D eigenvalue weighted by molar-refractivity contribution is 0.104. The summed E-state index contributed by atoms with van der Waals surface area (Å²) in [6.45, 7) is 0. The third-order valence-electron chi connectivity index (χ3n) is 2.91. The second-order valence-electron chi connectivity index (χ2n) is 4.07. The number of fused-ring (bicyclic) bond motifs is 1. The molecule has 0 aliphatic heterocycles. The van der Waals surface area contributed by atoms with Gasteiger partial charge in [-0.15, -0.1) is 11.3 Å². The molecule has 1 heterocycles. The smallest absolute Gasteiger partial charge is 0.203 e. The van der Waals surface area contributed by atoms with Gasteiger partial charge in [0, 0.05) is 16.0 Å². The molecule has 0 saturated heterocycles. The molecule has 4 heteroatoms. The summed E-state index contributed by atoms with van der Waals surface area (Å²) in [7, 11) is 0. The molecule has 0 saturated carbocycles. The van der Waals surface area contributed by atoms with Gasteiger partial charge in [0.15, 0.2) is 0 Å². The normalized spacial score (nSPS) is 10.8. The van der Waals surface area contributed by atoms with E-state index in [2.05, 4.69) is 15.9 Å². The van der Waals surface area contributed by atoms with Gasteiger partial charge in [-0.05, 0) is 45.6 Å². The molecule has 0 fully saturated rings. The van der Waals surface area contributed by atoms with E-state index in [4.69, 9.17) is 11.6 Å². The molecule has 0 N–H and O–H groups in total. The van der Waals surface area contributed by atoms with E-state index in [1.165, 1.54) is 11.3 Å². The van der Waals surface area contributed by atoms with Crippen LogP contribution in [-0.4, -0.2) is 5.78 Å². The first-order valence-corrected chi connectivity index (χ1v) is 7.63. The van der Waals surface area contributed by atoms with Crippen LogP contribution in [0.4, 0.5) is 0 Å². The van der Waals surface area contributed by atoms with Crippen LogP contribution >= 0.6 is 38.9 Å². The van der Waals surface area contributed by atoms with E-state index < -0.39 is 0 Å². The molecule has 94 valence electrons. The maximum Gasteiger partial charge on any atom is 0.203 e. The van der Waals surface area contributed by atoms with Crippen molar-refractivity contribution < 1.29 is 4.79 Å². The van der Waals surface area contributed by atoms with Crippen molar-refractivity contribution in [3.8, 4) is 0 Å². The summed E-state index contributed by atoms with van der Waals surface area (Å²) >= 11 is 11.0. The van der Waals surface area contributed by atoms with Crippen LogP contribution in [0.15, 0.2) is 52.3 Å². The third kappa shape index (κ3) is 2.34. The van der Waals surface area contributed by atoms with Gasteiger partial charge in [-0.2, -0.15) is 0 Å². The summed E-state index contributed by atoms with van der Waals surface area (Å²) in [5.74, 6) is 0.0311. The number of benzene rings is 2. The van der Waals surface area contributed by atoms with E-state index in [9.17, 15) is 4.79 Å². The standard InChI is InChI=1S/C15H8BrClOS/c16-14-8-7-13(19-14)15(18)11-5-6-12(17)10-4-2-1-3-9(10)11/h1-8H. The predicted molar refractivity (Wildman–Crippen MR) is 84.4 cm³/mol. The topological polar surface area (TPSA) is 17.1 Å². The molecule has 1 aromatic heterocycles. The van der Waals surface area contributed by atoms with Crippen molar-refractivity contribution in [3.05, 3.63) is 67.8 Å². The molecule has 0 atom stereocenters. The molecular formula is C15H8BrClOS. The second kappa shape index (κ2) is 5.08. The Bertz CT molecular complexity index is 779. The van der Waals surface area contributed by atoms with Gasteiger partial charge in [0.2, 0.25) is 5.78 Å². The predicted octanol–water partition coefficient (Wildman–Crippen LogP) is 5.55. The number of carbonyl (C=O) groups is 1. The molecule has 0 aliphatic rings. The maximum atomic E-state index is 12.5. The quantitative estimate of drug-likeness (QED) is 0.553. The summed E-state index contributed by atoms with van der Waals surface area (Å²) in [6, 6.07) is 15.0. The van der Waals surface area contributed by atoms with E-state index in [0.717, 1.165) is 19.4 Å². The van der Waals surface area contributed by atoms with Crippen molar-refractivity contribution >= 4 is 55.4 Å². The number of hydrogen-bond donors (Lipinski definition) is 0. The fourth-order valence-electron chi connectivity index (χ4n) is 2.03. The molecule has 2 aromatic carbocycles. The van der Waals surface area contributed by atoms with Gasteiger partial charge in [0.1, 0.15) is 0 Å². The molecule has 1 nitrogen and oxygen atoms in total. The SMILES string of the molecule is O=C(c1ccc(Br)s1)c1ccc(Cl)c2ccccc12. The second-order valence-corrected chi connectivity index (χ2v) is 6.94. The highest BCUT2D eigenvalue weighted by Crippen LogP contribution is 2.30. The molecule has 0 unspecified atom stereocenters. The van der Waals surface area contributed by atoms with Crippen LogP contribution in [0, 0.1) is 0 Å². The fourth-order valence-corrected chi connectivity index (χ4v) is 3.60. The van der Waals surface area contributed by atoms with E-state index in [1.807, 2.05) is 36.4 Å². The van der Waals surface area contributed by atoms with Crippen molar-refractivity contribution in [1.29, 1.82) is 0 Å². The summed E-state index contributed by atoms with van der Waals surface area (Å²) in [5, 5.41) is 2.47. The van der Waals surface area contributed by atoms with Crippen molar-refractivity contribution in [2.24, 2.45) is 0 Å². The molecule has 19 heavy (non-hydrogen) atoms. The Hall–Kier alpha value is -1.16. The molecular weight excluding hydrogens is 344 g/mol. The Balaban J connectivity index is 2.21. The summed E-state index contributed by atoms with van der Waals surface area (Å²) in [4.78, 5) is 13.3. The highest BCUT2D eigenvalue weighted by atomic mass is 79.9. The van der Waals surface area contributed by atoms with Gasteiger partial charge >= 0.3 is 0 Å². The van der Waals surface area contributed by atoms with Crippen LogP contribution in [-0.2, 0) is 0 Å². The minimum absolute atomic E-state index is 0.0311. The molecule has 0 spiro atoms. The van der Waals surface area contributed by atoms with Crippen molar-refractivity contribution in [2.45, 2.75) is 0 Å². The number of carbonyl (C=O) groups excluding carboxylic acids is 1. The lowest BCUT2D eigenvalue weighted by Gasteiger charge is -2.06. The van der Waals surface area contributed by atoms with E-state index in [0.29, 0.717) is 10.6 Å². The Morgan fingerprint density at radius 1 is 1.00 bits per heavy atom. The number of halogens is 2. The van der Waals surface area contributed by atoms with Gasteiger partial charge < -0.3 is 0 Å². The number of hydrogen-bond acceptors (Lipinski definition) is 2. The van der Waals surface area contributed by atoms with Crippen molar-refractivity contribution in [2.75, 3.05) is 0 Å². The average molecular weight is 352 g/mol. The summed E-state index contributed by atoms with van der Waals surface area (Å²) in [6.07, 6.45) is 0.